The Kier molecular flexibility index (Phi) is 5.60. The van der Waals surface area contributed by atoms with Gasteiger partial charge in [-0.3, -0.25) is 14.5 Å². The molecular formula is C15H16ClF3N2O3S. The topological polar surface area (TPSA) is 72.6 Å². The Morgan fingerprint density at radius 3 is 2.60 bits per heavy atom. The predicted octanol–water partition coefficient (Wildman–Crippen LogP) is 3.11. The minimum Gasteiger partial charge on any atom is -0.406 e. The van der Waals surface area contributed by atoms with Gasteiger partial charge in [-0.1, -0.05) is 31.7 Å². The number of rotatable bonds is 5. The number of amides is 1. The van der Waals surface area contributed by atoms with E-state index in [1.165, 1.54) is 12.1 Å². The van der Waals surface area contributed by atoms with Crippen LogP contribution in [-0.4, -0.2) is 34.7 Å². The van der Waals surface area contributed by atoms with Gasteiger partial charge in [-0.25, -0.2) is 0 Å². The van der Waals surface area contributed by atoms with Gasteiger partial charge >= 0.3 is 6.36 Å². The number of alkyl halides is 4. The molecule has 5 nitrogen and oxygen atoms in total. The van der Waals surface area contributed by atoms with Gasteiger partial charge in [0.2, 0.25) is 5.91 Å². The lowest BCUT2D eigenvalue weighted by atomic mass is 9.88. The number of hydrogen-bond acceptors (Lipinski definition) is 5. The number of nitrogens with zero attached hydrogens (tertiary/aromatic N) is 1. The first-order chi connectivity index (χ1) is 11.5. The number of ketones is 1. The van der Waals surface area contributed by atoms with Crippen LogP contribution in [0.4, 0.5) is 18.9 Å². The van der Waals surface area contributed by atoms with Crippen LogP contribution in [0.25, 0.3) is 0 Å². The summed E-state index contributed by atoms with van der Waals surface area (Å²) in [5.74, 6) is -1.42. The maximum atomic E-state index is 12.6. The molecule has 1 aromatic rings. The van der Waals surface area contributed by atoms with Gasteiger partial charge in [-0.15, -0.1) is 24.8 Å². The molecule has 1 saturated heterocycles. The van der Waals surface area contributed by atoms with E-state index in [0.29, 0.717) is 0 Å². The summed E-state index contributed by atoms with van der Waals surface area (Å²) < 4.78 is 40.9. The smallest absolute Gasteiger partial charge is 0.406 e. The van der Waals surface area contributed by atoms with Crippen LogP contribution < -0.4 is 15.4 Å². The third-order valence-corrected chi connectivity index (χ3v) is 5.41. The lowest BCUT2D eigenvalue weighted by molar-refractivity contribution is -0.274. The van der Waals surface area contributed by atoms with Crippen molar-refractivity contribution < 1.29 is 27.5 Å². The lowest BCUT2D eigenvalue weighted by Crippen LogP contribution is -2.43. The van der Waals surface area contributed by atoms with Crippen LogP contribution in [0, 0.1) is 5.41 Å². The second-order valence-corrected chi connectivity index (χ2v) is 7.54. The van der Waals surface area contributed by atoms with E-state index in [1.54, 1.807) is 13.8 Å². The molecule has 1 aliphatic rings. The van der Waals surface area contributed by atoms with Crippen LogP contribution in [-0.2, 0) is 9.59 Å². The zero-order chi connectivity index (χ0) is 19.0. The average Bonchev–Trinajstić information content (AvgIpc) is 2.79. The monoisotopic (exact) mass is 396 g/mol. The fourth-order valence-corrected chi connectivity index (χ4v) is 3.64. The third-order valence-electron chi connectivity index (χ3n) is 3.56. The maximum Gasteiger partial charge on any atom is 0.573 e. The number of hydrogen-bond donors (Lipinski definition) is 1. The molecule has 0 aliphatic carbocycles. The molecule has 2 N–H and O–H groups in total. The second-order valence-electron chi connectivity index (χ2n) is 6.04. The van der Waals surface area contributed by atoms with Gasteiger partial charge in [-0.2, -0.15) is 0 Å². The van der Waals surface area contributed by atoms with Crippen molar-refractivity contribution in [3.63, 3.8) is 0 Å². The Morgan fingerprint density at radius 1 is 1.40 bits per heavy atom. The van der Waals surface area contributed by atoms with E-state index >= 15 is 0 Å². The van der Waals surface area contributed by atoms with Crippen LogP contribution in [0.5, 0.6) is 5.75 Å². The summed E-state index contributed by atoms with van der Waals surface area (Å²) in [6.45, 7) is 3.23. The number of anilines is 1. The SMILES string of the molecule is CC(C)(CCl)C(=O)C1SC(N)N(c2cccc(OC(F)(F)F)c2)C1=O. The van der Waals surface area contributed by atoms with E-state index in [0.717, 1.165) is 28.8 Å². The average molecular weight is 397 g/mol. The standard InChI is InChI=1S/C15H16ClF3N2O3S/c1-14(2,7-16)11(22)10-12(23)21(13(20)25-10)8-4-3-5-9(6-8)24-15(17,18)19/h3-6,10,13H,7,20H2,1-2H3. The minimum atomic E-state index is -4.85. The predicted molar refractivity (Wildman–Crippen MR) is 89.5 cm³/mol. The van der Waals surface area contributed by atoms with Gasteiger partial charge in [0.05, 0.1) is 0 Å². The summed E-state index contributed by atoms with van der Waals surface area (Å²) in [6.07, 6.45) is -4.85. The highest BCUT2D eigenvalue weighted by molar-refractivity contribution is 8.02. The number of benzene rings is 1. The number of carbonyl (C=O) groups excluding carboxylic acids is 2. The van der Waals surface area contributed by atoms with Gasteiger partial charge in [0, 0.05) is 23.0 Å². The highest BCUT2D eigenvalue weighted by atomic mass is 35.5. The Balaban J connectivity index is 2.27. The molecule has 10 heteroatoms. The van der Waals surface area contributed by atoms with Gasteiger partial charge < -0.3 is 10.5 Å². The summed E-state index contributed by atoms with van der Waals surface area (Å²) >= 11 is 6.71. The Labute approximate surface area is 151 Å². The lowest BCUT2D eigenvalue weighted by Gasteiger charge is -2.23. The van der Waals surface area contributed by atoms with Crippen molar-refractivity contribution >= 4 is 40.7 Å². The van der Waals surface area contributed by atoms with Crippen molar-refractivity contribution in [3.8, 4) is 5.75 Å². The molecule has 0 spiro atoms. The van der Waals surface area contributed by atoms with Gasteiger partial charge in [0.25, 0.3) is 0 Å². The van der Waals surface area contributed by atoms with E-state index < -0.39 is 34.2 Å². The van der Waals surface area contributed by atoms with Crippen LogP contribution in [0.15, 0.2) is 24.3 Å². The maximum absolute atomic E-state index is 12.6. The molecule has 1 fully saturated rings. The number of carbonyl (C=O) groups is 2. The number of nitrogens with two attached hydrogens (primary N) is 1. The molecule has 2 atom stereocenters. The van der Waals surface area contributed by atoms with E-state index in [9.17, 15) is 22.8 Å². The number of Topliss-reactive ketones (excluding diaryl/α,β-unsaturated/α-hetero) is 1. The third kappa shape index (κ3) is 4.39. The summed E-state index contributed by atoms with van der Waals surface area (Å²) in [4.78, 5) is 26.2. The van der Waals surface area contributed by atoms with Crippen molar-refractivity contribution in [2.24, 2.45) is 11.1 Å². The molecule has 0 aromatic heterocycles. The van der Waals surface area contributed by atoms with Crippen LogP contribution in [0.2, 0.25) is 0 Å². The Bertz CT molecular complexity index is 684. The molecule has 1 aromatic carbocycles. The molecule has 2 rings (SSSR count). The molecule has 2 unspecified atom stereocenters. The van der Waals surface area contributed by atoms with Crippen molar-refractivity contribution in [2.75, 3.05) is 10.8 Å². The Morgan fingerprint density at radius 2 is 2.04 bits per heavy atom. The van der Waals surface area contributed by atoms with Gasteiger partial charge in [0.1, 0.15) is 16.5 Å². The van der Waals surface area contributed by atoms with Crippen molar-refractivity contribution in [2.45, 2.75) is 31.0 Å². The van der Waals surface area contributed by atoms with Crippen LogP contribution >= 0.6 is 23.4 Å². The first-order valence-corrected chi connectivity index (χ1v) is 8.64. The molecule has 25 heavy (non-hydrogen) atoms. The van der Waals surface area contributed by atoms with Crippen molar-refractivity contribution in [3.05, 3.63) is 24.3 Å². The van der Waals surface area contributed by atoms with E-state index in [-0.39, 0.29) is 17.4 Å². The van der Waals surface area contributed by atoms with Crippen LogP contribution in [0.3, 0.4) is 0 Å². The second kappa shape index (κ2) is 7.05. The highest BCUT2D eigenvalue weighted by Gasteiger charge is 2.47. The van der Waals surface area contributed by atoms with Gasteiger partial charge in [0.15, 0.2) is 5.78 Å². The zero-order valence-electron chi connectivity index (χ0n) is 13.3. The minimum absolute atomic E-state index is 0.0281. The van der Waals surface area contributed by atoms with E-state index in [1.807, 2.05) is 0 Å². The van der Waals surface area contributed by atoms with Gasteiger partial charge in [-0.05, 0) is 12.1 Å². The molecule has 0 bridgehead atoms. The molecular weight excluding hydrogens is 381 g/mol. The molecule has 1 heterocycles. The highest BCUT2D eigenvalue weighted by Crippen LogP contribution is 2.38. The summed E-state index contributed by atoms with van der Waals surface area (Å²) in [5, 5.41) is -1.06. The largest absolute Gasteiger partial charge is 0.573 e. The Hall–Kier alpha value is -1.45. The first kappa shape index (κ1) is 19.9. The van der Waals surface area contributed by atoms with E-state index in [2.05, 4.69) is 4.74 Å². The van der Waals surface area contributed by atoms with Crippen LogP contribution in [0.1, 0.15) is 13.8 Å². The molecule has 0 radical (unpaired) electrons. The fourth-order valence-electron chi connectivity index (χ4n) is 2.21. The van der Waals surface area contributed by atoms with Crippen molar-refractivity contribution in [1.29, 1.82) is 0 Å². The fraction of sp³-hybridized carbons (Fsp3) is 0.467. The molecule has 1 amide bonds. The molecule has 0 saturated carbocycles. The quantitative estimate of drug-likeness (QED) is 0.611. The summed E-state index contributed by atoms with van der Waals surface area (Å²) in [6, 6.07) is 4.88. The van der Waals surface area contributed by atoms with E-state index in [4.69, 9.17) is 17.3 Å². The zero-order valence-corrected chi connectivity index (χ0v) is 14.9. The molecule has 1 aliphatic heterocycles. The number of thioether (sulfide) groups is 1. The normalized spacial score (nSPS) is 21.6. The first-order valence-electron chi connectivity index (χ1n) is 7.16. The molecule has 138 valence electrons. The summed E-state index contributed by atoms with van der Waals surface area (Å²) in [5.41, 5.74) is 4.19. The summed E-state index contributed by atoms with van der Waals surface area (Å²) in [7, 11) is 0. The number of ether oxygens (including phenoxy) is 1. The number of halogens is 4. The van der Waals surface area contributed by atoms with Crippen molar-refractivity contribution in [1.82, 2.24) is 0 Å².